The molecule has 0 unspecified atom stereocenters. The Labute approximate surface area is 133 Å². The van der Waals surface area contributed by atoms with E-state index >= 15 is 0 Å². The van der Waals surface area contributed by atoms with Gasteiger partial charge in [0.25, 0.3) is 5.69 Å². The van der Waals surface area contributed by atoms with Gasteiger partial charge in [-0.2, -0.15) is 5.26 Å². The molecule has 0 aliphatic rings. The fraction of sp³-hybridized carbons (Fsp3) is 0.400. The minimum atomic E-state index is -0.930. The third kappa shape index (κ3) is 5.74. The van der Waals surface area contributed by atoms with Crippen LogP contribution in [0.1, 0.15) is 18.9 Å². The molecule has 0 fully saturated rings. The van der Waals surface area contributed by atoms with Crippen molar-refractivity contribution >= 4 is 17.6 Å². The number of nitriles is 1. The molecule has 0 aromatic heterocycles. The third-order valence-corrected chi connectivity index (χ3v) is 3.12. The van der Waals surface area contributed by atoms with E-state index in [4.69, 9.17) is 5.26 Å². The molecular weight excluding hydrogens is 302 g/mol. The molecule has 1 rings (SSSR count). The summed E-state index contributed by atoms with van der Waals surface area (Å²) in [6.07, 6.45) is 0.0138. The lowest BCUT2D eigenvalue weighted by Crippen LogP contribution is -2.43. The minimum Gasteiger partial charge on any atom is -0.467 e. The lowest BCUT2D eigenvalue weighted by molar-refractivity contribution is -0.384. The van der Waals surface area contributed by atoms with E-state index in [-0.39, 0.29) is 18.5 Å². The summed E-state index contributed by atoms with van der Waals surface area (Å²) in [6, 6.07) is 6.74. The van der Waals surface area contributed by atoms with Gasteiger partial charge in [0.1, 0.15) is 6.04 Å². The van der Waals surface area contributed by atoms with Gasteiger partial charge in [-0.25, -0.2) is 4.79 Å². The first-order valence-electron chi connectivity index (χ1n) is 6.87. The van der Waals surface area contributed by atoms with Crippen LogP contribution in [0.3, 0.4) is 0 Å². The van der Waals surface area contributed by atoms with Crippen LogP contribution in [0.25, 0.3) is 0 Å². The summed E-state index contributed by atoms with van der Waals surface area (Å²) in [5, 5.41) is 22.0. The van der Waals surface area contributed by atoms with Gasteiger partial charge < -0.3 is 10.1 Å². The number of amides is 1. The first-order valence-corrected chi connectivity index (χ1v) is 6.87. The molecule has 1 aromatic carbocycles. The highest BCUT2D eigenvalue weighted by Gasteiger charge is 2.24. The number of methoxy groups -OCH3 is 1. The van der Waals surface area contributed by atoms with Crippen molar-refractivity contribution in [1.29, 1.82) is 5.26 Å². The monoisotopic (exact) mass is 319 g/mol. The number of benzene rings is 1. The van der Waals surface area contributed by atoms with Crippen molar-refractivity contribution in [3.05, 3.63) is 39.9 Å². The molecule has 0 saturated carbocycles. The Hall–Kier alpha value is -2.95. The van der Waals surface area contributed by atoms with Gasteiger partial charge in [0.2, 0.25) is 5.91 Å². The molecule has 2 atom stereocenters. The van der Waals surface area contributed by atoms with Crippen molar-refractivity contribution in [2.75, 3.05) is 7.11 Å². The lowest BCUT2D eigenvalue weighted by atomic mass is 10.0. The van der Waals surface area contributed by atoms with Crippen LogP contribution in [0.5, 0.6) is 0 Å². The molecule has 0 bridgehead atoms. The summed E-state index contributed by atoms with van der Waals surface area (Å²) < 4.78 is 4.61. The average Bonchev–Trinajstić information content (AvgIpc) is 2.53. The summed E-state index contributed by atoms with van der Waals surface area (Å²) in [7, 11) is 1.19. The van der Waals surface area contributed by atoms with Gasteiger partial charge >= 0.3 is 5.97 Å². The van der Waals surface area contributed by atoms with Crippen LogP contribution in [0.2, 0.25) is 0 Å². The second-order valence-electron chi connectivity index (χ2n) is 5.01. The van der Waals surface area contributed by atoms with Crippen molar-refractivity contribution in [1.82, 2.24) is 5.32 Å². The quantitative estimate of drug-likeness (QED) is 0.460. The summed E-state index contributed by atoms with van der Waals surface area (Å²) >= 11 is 0. The van der Waals surface area contributed by atoms with Crippen LogP contribution in [0.4, 0.5) is 5.69 Å². The maximum atomic E-state index is 12.0. The van der Waals surface area contributed by atoms with Gasteiger partial charge in [-0.3, -0.25) is 14.9 Å². The fourth-order valence-electron chi connectivity index (χ4n) is 1.97. The van der Waals surface area contributed by atoms with Gasteiger partial charge in [0, 0.05) is 18.1 Å². The first-order chi connectivity index (χ1) is 10.9. The van der Waals surface area contributed by atoms with E-state index in [2.05, 4.69) is 10.1 Å². The van der Waals surface area contributed by atoms with E-state index < -0.39 is 28.8 Å². The van der Waals surface area contributed by atoms with Gasteiger partial charge in [0.15, 0.2) is 0 Å². The highest BCUT2D eigenvalue weighted by molar-refractivity contribution is 5.85. The number of carbonyl (C=O) groups is 2. The number of nitro groups is 1. The second kappa shape index (κ2) is 8.48. The molecule has 0 aliphatic carbocycles. The normalized spacial score (nSPS) is 12.6. The van der Waals surface area contributed by atoms with Crippen LogP contribution in [0, 0.1) is 27.4 Å². The standard InChI is InChI=1S/C15H17N3O5/c1-10(9-16)6-13(15(20)23-2)17-14(19)8-11-4-3-5-12(7-11)18(21)22/h3-5,7,10,13H,6,8H2,1-2H3,(H,17,19)/t10-,13-/m0/s1. The lowest BCUT2D eigenvalue weighted by Gasteiger charge is -2.17. The van der Waals surface area contributed by atoms with E-state index in [1.165, 1.54) is 25.3 Å². The number of nitrogens with zero attached hydrogens (tertiary/aromatic N) is 2. The van der Waals surface area contributed by atoms with Crippen LogP contribution in [-0.2, 0) is 20.7 Å². The number of ether oxygens (including phenoxy) is 1. The fourth-order valence-corrected chi connectivity index (χ4v) is 1.97. The molecule has 122 valence electrons. The summed E-state index contributed by atoms with van der Waals surface area (Å²) in [6.45, 7) is 1.63. The Kier molecular flexibility index (Phi) is 6.68. The predicted molar refractivity (Wildman–Crippen MR) is 80.1 cm³/mol. The Balaban J connectivity index is 2.75. The van der Waals surface area contributed by atoms with Gasteiger partial charge in [-0.15, -0.1) is 0 Å². The number of non-ortho nitro benzene ring substituents is 1. The summed E-state index contributed by atoms with van der Waals surface area (Å²) in [4.78, 5) is 33.8. The predicted octanol–water partition coefficient (Wildman–Crippen LogP) is 1.34. The Morgan fingerprint density at radius 3 is 2.74 bits per heavy atom. The Morgan fingerprint density at radius 2 is 2.17 bits per heavy atom. The molecule has 0 heterocycles. The molecule has 8 heteroatoms. The summed E-state index contributed by atoms with van der Waals surface area (Å²) in [5.74, 6) is -1.55. The number of hydrogen-bond acceptors (Lipinski definition) is 6. The molecular formula is C15H17N3O5. The molecule has 1 aromatic rings. The molecule has 0 spiro atoms. The number of rotatable bonds is 7. The van der Waals surface area contributed by atoms with Crippen LogP contribution in [-0.4, -0.2) is 30.0 Å². The first kappa shape index (κ1) is 18.1. The highest BCUT2D eigenvalue weighted by Crippen LogP contribution is 2.14. The molecule has 1 amide bonds. The van der Waals surface area contributed by atoms with E-state index in [0.29, 0.717) is 5.56 Å². The van der Waals surface area contributed by atoms with Gasteiger partial charge in [0.05, 0.1) is 24.5 Å². The van der Waals surface area contributed by atoms with E-state index in [0.717, 1.165) is 0 Å². The Bertz CT molecular complexity index is 638. The molecule has 23 heavy (non-hydrogen) atoms. The van der Waals surface area contributed by atoms with E-state index in [1.54, 1.807) is 13.0 Å². The number of nitro benzene ring substituents is 1. The number of carbonyl (C=O) groups excluding carboxylic acids is 2. The zero-order valence-electron chi connectivity index (χ0n) is 12.8. The maximum absolute atomic E-state index is 12.0. The third-order valence-electron chi connectivity index (χ3n) is 3.12. The number of nitrogens with one attached hydrogen (secondary N) is 1. The molecule has 8 nitrogen and oxygen atoms in total. The smallest absolute Gasteiger partial charge is 0.328 e. The zero-order valence-corrected chi connectivity index (χ0v) is 12.8. The van der Waals surface area contributed by atoms with Crippen molar-refractivity contribution in [2.24, 2.45) is 5.92 Å². The largest absolute Gasteiger partial charge is 0.467 e. The SMILES string of the molecule is COC(=O)[C@H](C[C@H](C)C#N)NC(=O)Cc1cccc([N+](=O)[O-])c1. The van der Waals surface area contributed by atoms with E-state index in [1.807, 2.05) is 6.07 Å². The van der Waals surface area contributed by atoms with Crippen LogP contribution in [0.15, 0.2) is 24.3 Å². The molecule has 1 N–H and O–H groups in total. The highest BCUT2D eigenvalue weighted by atomic mass is 16.6. The maximum Gasteiger partial charge on any atom is 0.328 e. The van der Waals surface area contributed by atoms with Crippen molar-refractivity contribution in [3.63, 3.8) is 0 Å². The summed E-state index contributed by atoms with van der Waals surface area (Å²) in [5.41, 5.74) is 0.339. The Morgan fingerprint density at radius 1 is 1.48 bits per heavy atom. The van der Waals surface area contributed by atoms with Crippen molar-refractivity contribution < 1.29 is 19.2 Å². The average molecular weight is 319 g/mol. The van der Waals surface area contributed by atoms with Crippen molar-refractivity contribution in [3.8, 4) is 6.07 Å². The second-order valence-corrected chi connectivity index (χ2v) is 5.01. The molecule has 0 saturated heterocycles. The zero-order chi connectivity index (χ0) is 17.4. The van der Waals surface area contributed by atoms with Crippen molar-refractivity contribution in [2.45, 2.75) is 25.8 Å². The minimum absolute atomic E-state index is 0.113. The molecule has 0 aliphatic heterocycles. The van der Waals surface area contributed by atoms with Gasteiger partial charge in [-0.05, 0) is 18.9 Å². The van der Waals surface area contributed by atoms with E-state index in [9.17, 15) is 19.7 Å². The molecule has 0 radical (unpaired) electrons. The topological polar surface area (TPSA) is 122 Å². The number of esters is 1. The van der Waals surface area contributed by atoms with Crippen LogP contribution < -0.4 is 5.32 Å². The number of hydrogen-bond donors (Lipinski definition) is 1. The van der Waals surface area contributed by atoms with Gasteiger partial charge in [-0.1, -0.05) is 12.1 Å². The van der Waals surface area contributed by atoms with Crippen LogP contribution >= 0.6 is 0 Å².